The molecule has 0 aromatic heterocycles. The van der Waals surface area contributed by atoms with Crippen molar-refractivity contribution in [1.29, 1.82) is 0 Å². The average Bonchev–Trinajstić information content (AvgIpc) is 2.50. The molecular weight excluding hydrogens is 362 g/mol. The third-order valence-corrected chi connectivity index (χ3v) is 6.97. The Morgan fingerprint density at radius 1 is 1.04 bits per heavy atom. The molecule has 25 heavy (non-hydrogen) atoms. The normalized spacial score (nSPS) is 40.3. The largest absolute Gasteiger partial charge is 0.465 e. The van der Waals surface area contributed by atoms with Crippen molar-refractivity contribution in [1.82, 2.24) is 0 Å². The van der Waals surface area contributed by atoms with E-state index in [0.717, 1.165) is 12.8 Å². The number of esters is 1. The Morgan fingerprint density at radius 3 is 1.92 bits per heavy atom. The number of carbonyl (C=O) groups is 1. The van der Waals surface area contributed by atoms with Gasteiger partial charge >= 0.3 is 21.3 Å². The van der Waals surface area contributed by atoms with E-state index in [1.165, 1.54) is 0 Å². The predicted molar refractivity (Wildman–Crippen MR) is 80.1 cm³/mol. The van der Waals surface area contributed by atoms with Crippen molar-refractivity contribution in [2.24, 2.45) is 22.2 Å². The molecule has 4 aliphatic carbocycles. The molecule has 2 unspecified atom stereocenters. The molecule has 7 nitrogen and oxygen atoms in total. The Hall–Kier alpha value is -0.840. The number of halogens is 2. The lowest BCUT2D eigenvalue weighted by atomic mass is 9.40. The molecule has 0 aromatic carbocycles. The third kappa shape index (κ3) is 2.96. The van der Waals surface area contributed by atoms with Crippen LogP contribution in [-0.4, -0.2) is 54.2 Å². The van der Waals surface area contributed by atoms with Gasteiger partial charge in [-0.1, -0.05) is 0 Å². The minimum atomic E-state index is -5.90. The first-order valence-corrected chi connectivity index (χ1v) is 9.58. The molecule has 0 radical (unpaired) electrons. The van der Waals surface area contributed by atoms with Crippen molar-refractivity contribution in [3.63, 3.8) is 0 Å². The predicted octanol–water partition coefficient (Wildman–Crippen LogP) is 0.952. The highest BCUT2D eigenvalue weighted by Gasteiger charge is 2.64. The van der Waals surface area contributed by atoms with Crippen LogP contribution in [0.5, 0.6) is 0 Å². The van der Waals surface area contributed by atoms with Gasteiger partial charge in [-0.25, -0.2) is 4.79 Å². The second-order valence-corrected chi connectivity index (χ2v) is 9.86. The first kappa shape index (κ1) is 18.9. The summed E-state index contributed by atoms with van der Waals surface area (Å²) in [5.41, 5.74) is -1.53. The zero-order chi connectivity index (χ0) is 18.7. The zero-order valence-corrected chi connectivity index (χ0v) is 14.4. The van der Waals surface area contributed by atoms with E-state index < -0.39 is 44.2 Å². The molecule has 3 N–H and O–H groups in total. The van der Waals surface area contributed by atoms with Gasteiger partial charge < -0.3 is 14.9 Å². The number of alkyl halides is 2. The number of ether oxygens (including phenoxy) is 1. The summed E-state index contributed by atoms with van der Waals surface area (Å²) in [6.45, 7) is -0.610. The van der Waals surface area contributed by atoms with E-state index in [1.807, 2.05) is 0 Å². The Bertz CT molecular complexity index is 657. The number of aliphatic hydroxyl groups is 2. The summed E-state index contributed by atoms with van der Waals surface area (Å²) in [5, 5.41) is 14.7. The first-order valence-electron chi connectivity index (χ1n) is 8.14. The van der Waals surface area contributed by atoms with Gasteiger partial charge in [-0.05, 0) is 55.3 Å². The van der Waals surface area contributed by atoms with Gasteiger partial charge in [-0.2, -0.15) is 17.2 Å². The van der Waals surface area contributed by atoms with E-state index in [2.05, 4.69) is 4.74 Å². The Morgan fingerprint density at radius 2 is 1.48 bits per heavy atom. The van der Waals surface area contributed by atoms with Crippen LogP contribution >= 0.6 is 0 Å². The van der Waals surface area contributed by atoms with E-state index in [0.29, 0.717) is 25.7 Å². The lowest BCUT2D eigenvalue weighted by molar-refractivity contribution is -0.207. The number of rotatable bonds is 6. The topological polar surface area (TPSA) is 121 Å². The highest BCUT2D eigenvalue weighted by atomic mass is 32.2. The fraction of sp³-hybridized carbons (Fsp3) is 0.933. The number of hydrogen-bond donors (Lipinski definition) is 3. The second kappa shape index (κ2) is 5.58. The molecule has 0 spiro atoms. The van der Waals surface area contributed by atoms with Gasteiger partial charge in [0.2, 0.25) is 0 Å². The molecule has 4 bridgehead atoms. The monoisotopic (exact) mass is 384 g/mol. The maximum absolute atomic E-state index is 13.4. The van der Waals surface area contributed by atoms with Crippen molar-refractivity contribution >= 4 is 16.1 Å². The molecule has 0 aromatic rings. The van der Waals surface area contributed by atoms with Crippen LogP contribution in [0.15, 0.2) is 0 Å². The molecule has 0 saturated heterocycles. The Kier molecular flexibility index (Phi) is 4.22. The molecule has 144 valence electrons. The summed E-state index contributed by atoms with van der Waals surface area (Å²) in [4.78, 5) is 11.5. The highest BCUT2D eigenvalue weighted by Crippen LogP contribution is 2.69. The average molecular weight is 384 g/mol. The Labute approximate surface area is 144 Å². The maximum atomic E-state index is 13.4. The molecule has 4 saturated carbocycles. The molecule has 2 atom stereocenters. The minimum absolute atomic E-state index is 0.0951. The van der Waals surface area contributed by atoms with Crippen molar-refractivity contribution in [2.45, 2.75) is 43.8 Å². The van der Waals surface area contributed by atoms with Gasteiger partial charge in [0.15, 0.2) is 0 Å². The van der Waals surface area contributed by atoms with Gasteiger partial charge in [0.1, 0.15) is 0 Å². The van der Waals surface area contributed by atoms with Crippen molar-refractivity contribution in [3.8, 4) is 0 Å². The number of aliphatic hydroxyl groups excluding tert-OH is 2. The van der Waals surface area contributed by atoms with E-state index in [1.54, 1.807) is 0 Å². The number of hydrogen-bond acceptors (Lipinski definition) is 6. The van der Waals surface area contributed by atoms with Crippen molar-refractivity contribution < 1.29 is 41.5 Å². The molecular formula is C15H22F2O7S. The quantitative estimate of drug-likeness (QED) is 0.460. The SMILES string of the molecule is O=C(OCC12CC3CC(CO)(CC(CO)(C3)C1)C2)C(F)(F)S(=O)(=O)O. The lowest BCUT2D eigenvalue weighted by Gasteiger charge is -2.65. The molecule has 10 heteroatoms. The van der Waals surface area contributed by atoms with Gasteiger partial charge in [-0.3, -0.25) is 4.55 Å². The van der Waals surface area contributed by atoms with Crippen LogP contribution in [0, 0.1) is 22.2 Å². The summed E-state index contributed by atoms with van der Waals surface area (Å²) < 4.78 is 61.1. The third-order valence-electron chi connectivity index (χ3n) is 6.16. The lowest BCUT2D eigenvalue weighted by Crippen LogP contribution is -2.60. The van der Waals surface area contributed by atoms with Gasteiger partial charge in [-0.15, -0.1) is 0 Å². The van der Waals surface area contributed by atoms with Crippen LogP contribution < -0.4 is 0 Å². The van der Waals surface area contributed by atoms with Gasteiger partial charge in [0.05, 0.1) is 6.61 Å². The van der Waals surface area contributed by atoms with E-state index in [-0.39, 0.29) is 19.1 Å². The minimum Gasteiger partial charge on any atom is -0.460 e. The summed E-state index contributed by atoms with van der Waals surface area (Å²) in [7, 11) is -5.90. The fourth-order valence-corrected chi connectivity index (χ4v) is 6.25. The van der Waals surface area contributed by atoms with Gasteiger partial charge in [0, 0.05) is 18.6 Å². The van der Waals surface area contributed by atoms with Crippen LogP contribution in [0.25, 0.3) is 0 Å². The molecule has 0 heterocycles. The molecule has 4 fully saturated rings. The summed E-state index contributed by atoms with van der Waals surface area (Å²) in [6, 6.07) is 0. The standard InChI is InChI=1S/C15H22F2O7S/c16-15(17,25(21,22)23)11(20)24-9-14-3-10-1-12(5-14,7-18)4-13(2-10,6-14)8-19/h10,18-19H,1-9H2,(H,21,22,23). The maximum Gasteiger partial charge on any atom is 0.465 e. The number of carbonyl (C=O) groups excluding carboxylic acids is 1. The van der Waals surface area contributed by atoms with E-state index >= 15 is 0 Å². The van der Waals surface area contributed by atoms with Crippen LogP contribution in [-0.2, 0) is 19.6 Å². The van der Waals surface area contributed by atoms with Crippen molar-refractivity contribution in [3.05, 3.63) is 0 Å². The summed E-state index contributed by atoms with van der Waals surface area (Å²) in [5.74, 6) is -2.11. The van der Waals surface area contributed by atoms with Crippen LogP contribution in [0.1, 0.15) is 38.5 Å². The highest BCUT2D eigenvalue weighted by molar-refractivity contribution is 7.87. The Balaban J connectivity index is 1.80. The summed E-state index contributed by atoms with van der Waals surface area (Å²) >= 11 is 0. The zero-order valence-electron chi connectivity index (χ0n) is 13.6. The smallest absolute Gasteiger partial charge is 0.460 e. The molecule has 0 aliphatic heterocycles. The van der Waals surface area contributed by atoms with Crippen LogP contribution in [0.2, 0.25) is 0 Å². The van der Waals surface area contributed by atoms with Crippen LogP contribution in [0.3, 0.4) is 0 Å². The van der Waals surface area contributed by atoms with Crippen molar-refractivity contribution in [2.75, 3.05) is 19.8 Å². The fourth-order valence-electron chi connectivity index (χ4n) is 5.98. The van der Waals surface area contributed by atoms with E-state index in [4.69, 9.17) is 4.55 Å². The molecule has 4 rings (SSSR count). The molecule has 4 aliphatic rings. The molecule has 0 amide bonds. The second-order valence-electron chi connectivity index (χ2n) is 8.39. The van der Waals surface area contributed by atoms with Crippen LogP contribution in [0.4, 0.5) is 8.78 Å². The van der Waals surface area contributed by atoms with E-state index in [9.17, 15) is 32.2 Å². The summed E-state index contributed by atoms with van der Waals surface area (Å²) in [6.07, 6.45) is 3.75. The van der Waals surface area contributed by atoms with Gasteiger partial charge in [0.25, 0.3) is 0 Å². The first-order chi connectivity index (χ1) is 11.4.